The maximum absolute atomic E-state index is 14.1. The highest BCUT2D eigenvalue weighted by atomic mass is 16.8. The lowest BCUT2D eigenvalue weighted by Crippen LogP contribution is -2.70. The van der Waals surface area contributed by atoms with Gasteiger partial charge in [0.05, 0.1) is 6.61 Å². The van der Waals surface area contributed by atoms with Crippen molar-refractivity contribution < 1.29 is 238 Å². The summed E-state index contributed by atoms with van der Waals surface area (Å²) in [5.41, 5.74) is 0. The summed E-state index contributed by atoms with van der Waals surface area (Å²) in [6.45, 7) is 14.3. The van der Waals surface area contributed by atoms with E-state index in [1.165, 1.54) is 6.08 Å². The Balaban J connectivity index is 1.69. The van der Waals surface area contributed by atoms with Crippen LogP contribution >= 0.6 is 0 Å². The lowest BCUT2D eigenvalue weighted by molar-refractivity contribution is -0.398. The van der Waals surface area contributed by atoms with Gasteiger partial charge in [0.25, 0.3) is 0 Å². The summed E-state index contributed by atoms with van der Waals surface area (Å²) in [4.78, 5) is 253. The highest BCUT2D eigenvalue weighted by Crippen LogP contribution is 2.43. The molecular weight excluding hydrogens is 1740 g/mol. The number of hydrogen-bond acceptors (Lipinski definition) is 50. The van der Waals surface area contributed by atoms with E-state index < -0.39 is 337 Å². The van der Waals surface area contributed by atoms with Gasteiger partial charge in [-0.25, -0.2) is 0 Å². The first-order valence-electron chi connectivity index (χ1n) is 39.5. The lowest BCUT2D eigenvalue weighted by atomic mass is 9.94. The van der Waals surface area contributed by atoms with Gasteiger partial charge in [-0.1, -0.05) is 6.08 Å². The quantitative estimate of drug-likeness (QED) is 0.0288. The van der Waals surface area contributed by atoms with Crippen molar-refractivity contribution in [1.29, 1.82) is 0 Å². The van der Waals surface area contributed by atoms with Crippen LogP contribution in [0, 0.1) is 0 Å². The summed E-state index contributed by atoms with van der Waals surface area (Å²) in [5.74, 6) is -21.9. The molecule has 50 heteroatoms. The molecule has 6 heterocycles. The predicted molar refractivity (Wildman–Crippen MR) is 399 cm³/mol. The van der Waals surface area contributed by atoms with Gasteiger partial charge in [-0.15, -0.1) is 6.58 Å². The normalized spacial score (nSPS) is 32.4. The zero-order chi connectivity index (χ0) is 95.6. The van der Waals surface area contributed by atoms with Gasteiger partial charge >= 0.3 is 113 Å². The van der Waals surface area contributed by atoms with Crippen molar-refractivity contribution in [3.63, 3.8) is 0 Å². The zero-order valence-corrected chi connectivity index (χ0v) is 73.2. The van der Waals surface area contributed by atoms with Gasteiger partial charge in [0, 0.05) is 132 Å². The molecule has 0 aliphatic carbocycles. The van der Waals surface area contributed by atoms with Gasteiger partial charge in [0.1, 0.15) is 107 Å². The summed E-state index contributed by atoms with van der Waals surface area (Å²) in [6, 6.07) is 0. The monoisotopic (exact) mass is 1840 g/mol. The summed E-state index contributed by atoms with van der Waals surface area (Å²) in [7, 11) is 0. The third-order valence-corrected chi connectivity index (χ3v) is 18.2. The van der Waals surface area contributed by atoms with Crippen molar-refractivity contribution in [3.8, 4) is 0 Å². The summed E-state index contributed by atoms with van der Waals surface area (Å²) < 4.78 is 186. The van der Waals surface area contributed by atoms with Crippen molar-refractivity contribution in [2.24, 2.45) is 0 Å². The molecule has 128 heavy (non-hydrogen) atoms. The van der Waals surface area contributed by atoms with E-state index in [9.17, 15) is 91.1 Å². The molecule has 6 aliphatic rings. The summed E-state index contributed by atoms with van der Waals surface area (Å²) in [6.07, 6.45) is -63.9. The number of ether oxygens (including phenoxy) is 31. The minimum Gasteiger partial charge on any atom is -0.463 e. The first-order chi connectivity index (χ1) is 60.0. The summed E-state index contributed by atoms with van der Waals surface area (Å²) in [5, 5.41) is 0. The molecule has 6 aliphatic heterocycles. The first kappa shape index (κ1) is 106. The van der Waals surface area contributed by atoms with Gasteiger partial charge in [-0.05, 0) is 6.42 Å². The van der Waals surface area contributed by atoms with Gasteiger partial charge in [0.2, 0.25) is 0 Å². The van der Waals surface area contributed by atoms with Crippen LogP contribution in [0.1, 0.15) is 138 Å². The molecule has 0 aromatic rings. The molecule has 0 saturated carbocycles. The standard InChI is InChI=1S/C78H106O50/c1-21-22-23-98-73-67(112-43(15)92)62(56(106-37(9)86)49(118-73)24-99-30(2)79)124-75-69(114-45(17)94)64(58(108-39(11)88)51(120-75)26-101-32(4)81)126-77-71(116-47(19)96)66(60(110-41(13)90)53(122-77)28-103-34(6)83)128-78-72(117-48(20)97)65(59(109-40(12)89)54(123-78)29-104-35(7)84)127-76-70(115-46(18)95)63(57(107-38(10)87)52(121-76)27-102-33(5)82)125-74-68(113-44(16)93)61(111-42(14)91)55(105-36(8)85)50(119-74)25-100-31(3)80/h21,49-78H,1,22-29H2,2-20H3/t49-,50-,51-,52-,53-,54-,55-,56-,57-,58-,59-,60-,61+,62+,63+,64+,65+,66+,67-,68-,69-,70-,71-,72-,73-,74+,75+,76+,77+,78+/m1/s1. The number of carbonyl (C=O) groups excluding carboxylic acids is 19. The van der Waals surface area contributed by atoms with Crippen molar-refractivity contribution in [2.75, 3.05) is 46.2 Å². The maximum Gasteiger partial charge on any atom is 0.303 e. The van der Waals surface area contributed by atoms with Crippen LogP contribution in [0.3, 0.4) is 0 Å². The van der Waals surface area contributed by atoms with Crippen molar-refractivity contribution in [1.82, 2.24) is 0 Å². The number of rotatable bonds is 39. The lowest BCUT2D eigenvalue weighted by Gasteiger charge is -2.52. The third-order valence-electron chi connectivity index (χ3n) is 18.2. The second-order valence-corrected chi connectivity index (χ2v) is 29.0. The fourth-order valence-electron chi connectivity index (χ4n) is 14.0. The largest absolute Gasteiger partial charge is 0.463 e. The molecule has 0 bridgehead atoms. The first-order valence-corrected chi connectivity index (χ1v) is 39.5. The topological polar surface area (TPSA) is 610 Å². The maximum atomic E-state index is 14.1. The van der Waals surface area contributed by atoms with Gasteiger partial charge in [0.15, 0.2) is 117 Å². The van der Waals surface area contributed by atoms with Gasteiger partial charge < -0.3 is 147 Å². The van der Waals surface area contributed by atoms with E-state index in [4.69, 9.17) is 147 Å². The molecule has 0 unspecified atom stereocenters. The van der Waals surface area contributed by atoms with Crippen LogP contribution in [-0.4, -0.2) is 344 Å². The molecular formula is C78H106O50. The van der Waals surface area contributed by atoms with E-state index in [0.29, 0.717) is 0 Å². The van der Waals surface area contributed by atoms with Crippen molar-refractivity contribution in [2.45, 2.75) is 322 Å². The predicted octanol–water partition coefficient (Wildman–Crippen LogP) is -1.65. The van der Waals surface area contributed by atoms with Gasteiger partial charge in [-0.2, -0.15) is 0 Å². The molecule has 50 nitrogen and oxygen atoms in total. The Morgan fingerprint density at radius 2 is 0.336 bits per heavy atom. The molecule has 6 saturated heterocycles. The Hall–Kier alpha value is -10.8. The number of carbonyl (C=O) groups is 19. The summed E-state index contributed by atoms with van der Waals surface area (Å²) >= 11 is 0. The van der Waals surface area contributed by atoms with Crippen LogP contribution < -0.4 is 0 Å². The Labute approximate surface area is 730 Å². The van der Waals surface area contributed by atoms with Crippen LogP contribution in [0.4, 0.5) is 0 Å². The van der Waals surface area contributed by atoms with Crippen molar-refractivity contribution >= 4 is 113 Å². The Morgan fingerprint density at radius 3 is 0.500 bits per heavy atom. The smallest absolute Gasteiger partial charge is 0.303 e. The average Bonchev–Trinajstić information content (AvgIpc) is 0.756. The number of esters is 19. The second kappa shape index (κ2) is 49.7. The minimum absolute atomic E-state index is 0.110. The zero-order valence-electron chi connectivity index (χ0n) is 73.2. The fourth-order valence-corrected chi connectivity index (χ4v) is 14.0. The molecule has 0 N–H and O–H groups in total. The molecule has 6 fully saturated rings. The molecule has 6 rings (SSSR count). The molecule has 0 aromatic heterocycles. The van der Waals surface area contributed by atoms with Crippen LogP contribution in [-0.2, 0) is 238 Å². The molecule has 718 valence electrons. The van der Waals surface area contributed by atoms with E-state index in [2.05, 4.69) is 6.58 Å². The average molecular weight is 1840 g/mol. The second-order valence-electron chi connectivity index (χ2n) is 29.0. The van der Waals surface area contributed by atoms with Crippen molar-refractivity contribution in [3.05, 3.63) is 12.7 Å². The number of hydrogen-bond donors (Lipinski definition) is 0. The highest BCUT2D eigenvalue weighted by Gasteiger charge is 2.65. The molecule has 0 aromatic carbocycles. The molecule has 30 atom stereocenters. The van der Waals surface area contributed by atoms with Crippen LogP contribution in [0.2, 0.25) is 0 Å². The Kier molecular flexibility index (Phi) is 41.1. The van der Waals surface area contributed by atoms with Crippen LogP contribution in [0.15, 0.2) is 12.7 Å². The third kappa shape index (κ3) is 32.1. The Morgan fingerprint density at radius 1 is 0.195 bits per heavy atom. The molecule has 0 amide bonds. The minimum atomic E-state index is -2.59. The van der Waals surface area contributed by atoms with E-state index in [1.807, 2.05) is 0 Å². The molecule has 0 spiro atoms. The van der Waals surface area contributed by atoms with E-state index in [-0.39, 0.29) is 13.0 Å². The molecule has 0 radical (unpaired) electrons. The fraction of sp³-hybridized carbons (Fsp3) is 0.731. The van der Waals surface area contributed by atoms with E-state index in [0.717, 1.165) is 132 Å². The Bertz CT molecular complexity index is 3950. The highest BCUT2D eigenvalue weighted by molar-refractivity contribution is 5.73. The van der Waals surface area contributed by atoms with Crippen LogP contribution in [0.25, 0.3) is 0 Å². The van der Waals surface area contributed by atoms with E-state index in [1.54, 1.807) is 0 Å². The SMILES string of the molecule is C=CCCO[C@@H]1O[C@H](COC(C)=O)[C@@H](OC(C)=O)[C@H](O[C@@H]2O[C@H](COC(C)=O)[C@@H](OC(C)=O)[C@H](O[C@@H]3O[C@H](COC(C)=O)[C@@H](OC(C)=O)[C@H](O[C@@H]4O[C@H](COC(C)=O)[C@@H](OC(C)=O)[C@H](O[C@@H]5O[C@H](COC(C)=O)[C@@H](OC(C)=O)[C@H](O[C@@H]6O[C@H](COC(C)=O)[C@@H](OC(C)=O)[C@H](OC(C)=O)[C@H]6OC(C)=O)[C@H]5OC(C)=O)[C@H]4OC(C)=O)[C@H]3OC(C)=O)[C@H]2OC(C)=O)[C@H]1OC(C)=O. The van der Waals surface area contributed by atoms with E-state index >= 15 is 0 Å². The van der Waals surface area contributed by atoms with Gasteiger partial charge in [-0.3, -0.25) is 91.1 Å². The van der Waals surface area contributed by atoms with Crippen LogP contribution in [0.5, 0.6) is 0 Å².